The van der Waals surface area contributed by atoms with Gasteiger partial charge in [-0.05, 0) is 24.3 Å². The first-order chi connectivity index (χ1) is 10.6. The summed E-state index contributed by atoms with van der Waals surface area (Å²) in [6.07, 6.45) is 0. The third kappa shape index (κ3) is 3.09. The third-order valence-electron chi connectivity index (χ3n) is 3.15. The van der Waals surface area contributed by atoms with Crippen molar-refractivity contribution >= 4 is 27.7 Å². The monoisotopic (exact) mass is 355 g/mol. The van der Waals surface area contributed by atoms with Crippen molar-refractivity contribution in [2.75, 3.05) is 5.32 Å². The minimum absolute atomic E-state index is 0.126. The molecule has 0 saturated carbocycles. The zero-order valence-corrected chi connectivity index (χ0v) is 13.5. The SMILES string of the molecule is CC(=O)Nc1cc(-c2ccc(Br)cc2)nn1-c1ccccc1. The molecule has 0 atom stereocenters. The lowest BCUT2D eigenvalue weighted by Crippen LogP contribution is -2.10. The number of rotatable bonds is 3. The molecule has 0 aliphatic rings. The Labute approximate surface area is 136 Å². The van der Waals surface area contributed by atoms with Gasteiger partial charge in [-0.2, -0.15) is 5.10 Å². The molecule has 0 fully saturated rings. The summed E-state index contributed by atoms with van der Waals surface area (Å²) in [5, 5.41) is 7.45. The Bertz CT molecular complexity index is 795. The molecule has 5 heteroatoms. The molecule has 0 radical (unpaired) electrons. The number of carbonyl (C=O) groups is 1. The molecular weight excluding hydrogens is 342 g/mol. The molecule has 3 aromatic rings. The molecular formula is C17H14BrN3O. The van der Waals surface area contributed by atoms with E-state index in [1.54, 1.807) is 4.68 Å². The summed E-state index contributed by atoms with van der Waals surface area (Å²) in [6, 6.07) is 19.5. The van der Waals surface area contributed by atoms with Gasteiger partial charge < -0.3 is 5.32 Å². The zero-order valence-electron chi connectivity index (χ0n) is 12.0. The summed E-state index contributed by atoms with van der Waals surface area (Å²) in [6.45, 7) is 1.49. The van der Waals surface area contributed by atoms with Crippen LogP contribution in [0.2, 0.25) is 0 Å². The summed E-state index contributed by atoms with van der Waals surface area (Å²) in [7, 11) is 0. The largest absolute Gasteiger partial charge is 0.311 e. The molecule has 0 saturated heterocycles. The van der Waals surface area contributed by atoms with Crippen LogP contribution in [0.15, 0.2) is 65.1 Å². The quantitative estimate of drug-likeness (QED) is 0.762. The molecule has 22 heavy (non-hydrogen) atoms. The van der Waals surface area contributed by atoms with Crippen LogP contribution in [0, 0.1) is 0 Å². The van der Waals surface area contributed by atoms with Crippen molar-refractivity contribution in [1.29, 1.82) is 0 Å². The maximum Gasteiger partial charge on any atom is 0.222 e. The Hall–Kier alpha value is -2.40. The van der Waals surface area contributed by atoms with Gasteiger partial charge in [0.25, 0.3) is 0 Å². The average Bonchev–Trinajstić information content (AvgIpc) is 2.92. The minimum Gasteiger partial charge on any atom is -0.311 e. The lowest BCUT2D eigenvalue weighted by molar-refractivity contribution is -0.114. The van der Waals surface area contributed by atoms with Gasteiger partial charge in [0, 0.05) is 23.0 Å². The van der Waals surface area contributed by atoms with Gasteiger partial charge in [0.15, 0.2) is 0 Å². The van der Waals surface area contributed by atoms with E-state index >= 15 is 0 Å². The average molecular weight is 356 g/mol. The fraction of sp³-hybridized carbons (Fsp3) is 0.0588. The maximum atomic E-state index is 11.4. The molecule has 2 aromatic carbocycles. The number of hydrogen-bond donors (Lipinski definition) is 1. The van der Waals surface area contributed by atoms with E-state index in [0.717, 1.165) is 21.4 Å². The number of aromatic nitrogens is 2. The topological polar surface area (TPSA) is 46.9 Å². The normalized spacial score (nSPS) is 10.5. The number of halogens is 1. The molecule has 4 nitrogen and oxygen atoms in total. The van der Waals surface area contributed by atoms with Crippen LogP contribution in [0.4, 0.5) is 5.82 Å². The van der Waals surface area contributed by atoms with Crippen LogP contribution in [0.3, 0.4) is 0 Å². The van der Waals surface area contributed by atoms with Crippen LogP contribution in [0.5, 0.6) is 0 Å². The van der Waals surface area contributed by atoms with Gasteiger partial charge in [-0.3, -0.25) is 4.79 Å². The van der Waals surface area contributed by atoms with E-state index in [2.05, 4.69) is 26.3 Å². The number of anilines is 1. The van der Waals surface area contributed by atoms with Crippen molar-refractivity contribution in [3.8, 4) is 16.9 Å². The Morgan fingerprint density at radius 3 is 2.41 bits per heavy atom. The smallest absolute Gasteiger partial charge is 0.222 e. The van der Waals surface area contributed by atoms with Crippen LogP contribution >= 0.6 is 15.9 Å². The Morgan fingerprint density at radius 2 is 1.77 bits per heavy atom. The van der Waals surface area contributed by atoms with Gasteiger partial charge in [-0.1, -0.05) is 46.3 Å². The first-order valence-electron chi connectivity index (χ1n) is 6.82. The van der Waals surface area contributed by atoms with Gasteiger partial charge in [0.05, 0.1) is 11.4 Å². The van der Waals surface area contributed by atoms with Crippen LogP contribution in [-0.4, -0.2) is 15.7 Å². The lowest BCUT2D eigenvalue weighted by Gasteiger charge is -2.06. The van der Waals surface area contributed by atoms with Crippen LogP contribution < -0.4 is 5.32 Å². The first-order valence-corrected chi connectivity index (χ1v) is 7.62. The molecule has 1 aromatic heterocycles. The standard InChI is InChI=1S/C17H14BrN3O/c1-12(22)19-17-11-16(13-7-9-14(18)10-8-13)20-21(17)15-5-3-2-4-6-15/h2-11H,1H3,(H,19,22). The third-order valence-corrected chi connectivity index (χ3v) is 3.68. The van der Waals surface area contributed by atoms with Crippen molar-refractivity contribution in [1.82, 2.24) is 9.78 Å². The van der Waals surface area contributed by atoms with Crippen molar-refractivity contribution in [2.24, 2.45) is 0 Å². The Kier molecular flexibility index (Phi) is 4.06. The number of benzene rings is 2. The molecule has 0 bridgehead atoms. The molecule has 0 aliphatic carbocycles. The van der Waals surface area contributed by atoms with Crippen molar-refractivity contribution < 1.29 is 4.79 Å². The van der Waals surface area contributed by atoms with E-state index < -0.39 is 0 Å². The number of amides is 1. The highest BCUT2D eigenvalue weighted by molar-refractivity contribution is 9.10. The predicted molar refractivity (Wildman–Crippen MR) is 91.0 cm³/mol. The second kappa shape index (κ2) is 6.15. The van der Waals surface area contributed by atoms with Gasteiger partial charge in [-0.15, -0.1) is 0 Å². The van der Waals surface area contributed by atoms with Crippen LogP contribution in [-0.2, 0) is 4.79 Å². The number of nitrogens with zero attached hydrogens (tertiary/aromatic N) is 2. The summed E-state index contributed by atoms with van der Waals surface area (Å²) < 4.78 is 2.75. The lowest BCUT2D eigenvalue weighted by atomic mass is 10.1. The van der Waals surface area contributed by atoms with E-state index in [1.807, 2.05) is 60.7 Å². The number of carbonyl (C=O) groups excluding carboxylic acids is 1. The molecule has 0 spiro atoms. The van der Waals surface area contributed by atoms with Crippen molar-refractivity contribution in [3.05, 3.63) is 65.1 Å². The highest BCUT2D eigenvalue weighted by atomic mass is 79.9. The molecule has 3 rings (SSSR count). The highest BCUT2D eigenvalue weighted by Gasteiger charge is 2.12. The fourth-order valence-corrected chi connectivity index (χ4v) is 2.44. The second-order valence-electron chi connectivity index (χ2n) is 4.85. The maximum absolute atomic E-state index is 11.4. The second-order valence-corrected chi connectivity index (χ2v) is 5.77. The Morgan fingerprint density at radius 1 is 1.09 bits per heavy atom. The molecule has 0 aliphatic heterocycles. The minimum atomic E-state index is -0.126. The molecule has 0 unspecified atom stereocenters. The van der Waals surface area contributed by atoms with Gasteiger partial charge in [0.2, 0.25) is 5.91 Å². The number of para-hydroxylation sites is 1. The molecule has 1 amide bonds. The number of hydrogen-bond acceptors (Lipinski definition) is 2. The van der Waals surface area contributed by atoms with E-state index in [1.165, 1.54) is 6.92 Å². The summed E-state index contributed by atoms with van der Waals surface area (Å²) >= 11 is 3.42. The van der Waals surface area contributed by atoms with Gasteiger partial charge in [0.1, 0.15) is 5.82 Å². The van der Waals surface area contributed by atoms with E-state index in [9.17, 15) is 4.79 Å². The van der Waals surface area contributed by atoms with E-state index in [0.29, 0.717) is 5.82 Å². The summed E-state index contributed by atoms with van der Waals surface area (Å²) in [5.74, 6) is 0.524. The molecule has 1 heterocycles. The Balaban J connectivity index is 2.08. The van der Waals surface area contributed by atoms with Crippen molar-refractivity contribution in [2.45, 2.75) is 6.92 Å². The van der Waals surface area contributed by atoms with Crippen LogP contribution in [0.25, 0.3) is 16.9 Å². The fourth-order valence-electron chi connectivity index (χ4n) is 2.18. The van der Waals surface area contributed by atoms with Crippen LogP contribution in [0.1, 0.15) is 6.92 Å². The highest BCUT2D eigenvalue weighted by Crippen LogP contribution is 2.26. The van der Waals surface area contributed by atoms with Crippen molar-refractivity contribution in [3.63, 3.8) is 0 Å². The summed E-state index contributed by atoms with van der Waals surface area (Å²) in [4.78, 5) is 11.4. The zero-order chi connectivity index (χ0) is 15.5. The number of nitrogens with one attached hydrogen (secondary N) is 1. The first kappa shape index (κ1) is 14.5. The van der Waals surface area contributed by atoms with E-state index in [-0.39, 0.29) is 5.91 Å². The molecule has 110 valence electrons. The molecule has 1 N–H and O–H groups in total. The summed E-state index contributed by atoms with van der Waals surface area (Å²) in [5.41, 5.74) is 2.69. The van der Waals surface area contributed by atoms with E-state index in [4.69, 9.17) is 0 Å². The van der Waals surface area contributed by atoms with Gasteiger partial charge in [-0.25, -0.2) is 4.68 Å². The van der Waals surface area contributed by atoms with Gasteiger partial charge >= 0.3 is 0 Å². The predicted octanol–water partition coefficient (Wildman–Crippen LogP) is 4.26.